The lowest BCUT2D eigenvalue weighted by Crippen LogP contribution is -2.47. The molecule has 2 aromatic carbocycles. The molecule has 6 rings (SSSR count). The summed E-state index contributed by atoms with van der Waals surface area (Å²) in [6.07, 6.45) is 7.73. The number of urea groups is 1. The molecule has 2 aliphatic heterocycles. The van der Waals surface area contributed by atoms with Gasteiger partial charge in [0.05, 0.1) is 11.7 Å². The third kappa shape index (κ3) is 3.85. The summed E-state index contributed by atoms with van der Waals surface area (Å²) in [4.78, 5) is 28.6. The normalized spacial score (nSPS) is 22.4. The van der Waals surface area contributed by atoms with Gasteiger partial charge in [0.2, 0.25) is 0 Å². The maximum atomic E-state index is 13.0. The predicted molar refractivity (Wildman–Crippen MR) is 138 cm³/mol. The fraction of sp³-hybridized carbons (Fsp3) is 0.370. The molecule has 174 valence electrons. The number of nitrogens with zero attached hydrogens (tertiary/aromatic N) is 3. The summed E-state index contributed by atoms with van der Waals surface area (Å²) >= 11 is 0. The quantitative estimate of drug-likeness (QED) is 0.501. The van der Waals surface area contributed by atoms with Crippen molar-refractivity contribution < 1.29 is 4.79 Å². The number of amides is 2. The number of hydrogen-bond donors (Lipinski definition) is 3. The molecule has 1 saturated carbocycles. The number of carbonyl (C=O) groups excluding carboxylic acids is 1. The highest BCUT2D eigenvalue weighted by Crippen LogP contribution is 2.35. The molecule has 3 heterocycles. The third-order valence-corrected chi connectivity index (χ3v) is 7.37. The average Bonchev–Trinajstić information content (AvgIpc) is 3.49. The highest BCUT2D eigenvalue weighted by atomic mass is 16.2. The summed E-state index contributed by atoms with van der Waals surface area (Å²) < 4.78 is 0. The molecule has 0 radical (unpaired) electrons. The lowest BCUT2D eigenvalue weighted by atomic mass is 9.84. The monoisotopic (exact) mass is 454 g/mol. The van der Waals surface area contributed by atoms with Crippen LogP contribution in [0.4, 0.5) is 16.2 Å². The van der Waals surface area contributed by atoms with Gasteiger partial charge in [-0.1, -0.05) is 43.5 Å². The lowest BCUT2D eigenvalue weighted by molar-refractivity contribution is 0.251. The number of fused-ring (bicyclic) bond motifs is 4. The summed E-state index contributed by atoms with van der Waals surface area (Å²) in [5.41, 5.74) is 4.85. The Labute approximate surface area is 199 Å². The van der Waals surface area contributed by atoms with Crippen molar-refractivity contribution in [3.63, 3.8) is 0 Å². The Kier molecular flexibility index (Phi) is 5.32. The van der Waals surface area contributed by atoms with Gasteiger partial charge in [0.1, 0.15) is 5.84 Å². The molecule has 34 heavy (non-hydrogen) atoms. The van der Waals surface area contributed by atoms with E-state index in [0.717, 1.165) is 45.9 Å². The van der Waals surface area contributed by atoms with Crippen molar-refractivity contribution in [1.29, 1.82) is 0 Å². The van der Waals surface area contributed by atoms with E-state index in [9.17, 15) is 4.79 Å². The first-order chi connectivity index (χ1) is 16.7. The maximum absolute atomic E-state index is 13.0. The number of carbonyl (C=O) groups is 1. The molecular formula is C27H30N6O. The molecule has 3 aliphatic rings. The van der Waals surface area contributed by atoms with Gasteiger partial charge in [-0.3, -0.25) is 9.98 Å². The van der Waals surface area contributed by atoms with Crippen molar-refractivity contribution in [2.45, 2.75) is 51.2 Å². The summed E-state index contributed by atoms with van der Waals surface area (Å²) in [7, 11) is 0. The standard InChI is InChI=1S/C27H30N6O/c1-17-21-9-5-6-10-24(21)33-16-23(18-7-3-2-4-8-18)31-26(33)25(29-17)32-27(34)30-20-12-11-19-13-14-28-22(19)15-20/h5-6,9-15,18,23,25,28H,2-4,7-8,16H2,1H3,(H2,30,32,34)/t23-,25+/m1/s1. The van der Waals surface area contributed by atoms with Crippen molar-refractivity contribution in [3.8, 4) is 0 Å². The van der Waals surface area contributed by atoms with Gasteiger partial charge >= 0.3 is 6.03 Å². The Hall–Kier alpha value is -3.61. The minimum atomic E-state index is -0.532. The van der Waals surface area contributed by atoms with E-state index in [1.54, 1.807) is 0 Å². The van der Waals surface area contributed by atoms with E-state index >= 15 is 0 Å². The molecule has 3 aromatic rings. The SMILES string of the molecule is CC1=N[C@@H](NC(=O)Nc2ccc3cc[nH]c3c2)C2=N[C@@H](C3CCCCC3)CN2c2ccccc21. The fourth-order valence-corrected chi connectivity index (χ4v) is 5.62. The van der Waals surface area contributed by atoms with Crippen molar-refractivity contribution in [1.82, 2.24) is 10.3 Å². The van der Waals surface area contributed by atoms with Crippen LogP contribution in [0.25, 0.3) is 10.9 Å². The second kappa shape index (κ2) is 8.63. The zero-order valence-corrected chi connectivity index (χ0v) is 19.4. The molecular weight excluding hydrogens is 424 g/mol. The maximum Gasteiger partial charge on any atom is 0.321 e. The molecule has 0 saturated heterocycles. The summed E-state index contributed by atoms with van der Waals surface area (Å²) in [6, 6.07) is 16.2. The van der Waals surface area contributed by atoms with E-state index in [4.69, 9.17) is 9.98 Å². The van der Waals surface area contributed by atoms with E-state index < -0.39 is 6.17 Å². The minimum absolute atomic E-state index is 0.250. The minimum Gasteiger partial charge on any atom is -0.361 e. The molecule has 0 spiro atoms. The second-order valence-corrected chi connectivity index (χ2v) is 9.58. The predicted octanol–water partition coefficient (Wildman–Crippen LogP) is 5.31. The number of H-pyrrole nitrogens is 1. The Morgan fingerprint density at radius 2 is 1.91 bits per heavy atom. The van der Waals surface area contributed by atoms with Gasteiger partial charge < -0.3 is 20.5 Å². The molecule has 1 fully saturated rings. The Balaban J connectivity index is 1.28. The summed E-state index contributed by atoms with van der Waals surface area (Å²) in [5, 5.41) is 7.17. The number of anilines is 2. The smallest absolute Gasteiger partial charge is 0.321 e. The van der Waals surface area contributed by atoms with Gasteiger partial charge in [-0.25, -0.2) is 4.79 Å². The van der Waals surface area contributed by atoms with Crippen LogP contribution in [0, 0.1) is 5.92 Å². The van der Waals surface area contributed by atoms with Crippen LogP contribution >= 0.6 is 0 Å². The summed E-state index contributed by atoms with van der Waals surface area (Å²) in [6.45, 7) is 2.86. The number of rotatable bonds is 3. The second-order valence-electron chi connectivity index (χ2n) is 9.58. The molecule has 2 amide bonds. The third-order valence-electron chi connectivity index (χ3n) is 7.37. The lowest BCUT2D eigenvalue weighted by Gasteiger charge is -2.27. The molecule has 0 bridgehead atoms. The number of aliphatic imine (C=N–C) groups is 2. The van der Waals surface area contributed by atoms with Crippen LogP contribution < -0.4 is 15.5 Å². The molecule has 1 aliphatic carbocycles. The van der Waals surface area contributed by atoms with Crippen LogP contribution in [-0.2, 0) is 0 Å². The van der Waals surface area contributed by atoms with E-state index in [-0.39, 0.29) is 12.1 Å². The Bertz CT molecular complexity index is 1290. The first-order valence-electron chi connectivity index (χ1n) is 12.3. The molecule has 1 aromatic heterocycles. The zero-order chi connectivity index (χ0) is 23.1. The van der Waals surface area contributed by atoms with Crippen LogP contribution in [0.3, 0.4) is 0 Å². The van der Waals surface area contributed by atoms with Crippen LogP contribution in [0.1, 0.15) is 44.6 Å². The van der Waals surface area contributed by atoms with Crippen molar-refractivity contribution >= 4 is 39.9 Å². The highest BCUT2D eigenvalue weighted by molar-refractivity contribution is 6.15. The molecule has 3 N–H and O–H groups in total. The number of nitrogens with one attached hydrogen (secondary N) is 3. The topological polar surface area (TPSA) is 84.9 Å². The Morgan fingerprint density at radius 3 is 2.79 bits per heavy atom. The van der Waals surface area contributed by atoms with Gasteiger partial charge in [0.25, 0.3) is 0 Å². The van der Waals surface area contributed by atoms with Gasteiger partial charge in [0.15, 0.2) is 6.17 Å². The van der Waals surface area contributed by atoms with Crippen molar-refractivity contribution in [3.05, 3.63) is 60.3 Å². The van der Waals surface area contributed by atoms with E-state index in [2.05, 4.69) is 38.7 Å². The van der Waals surface area contributed by atoms with Crippen molar-refractivity contribution in [2.24, 2.45) is 15.9 Å². The van der Waals surface area contributed by atoms with Gasteiger partial charge in [-0.2, -0.15) is 0 Å². The van der Waals surface area contributed by atoms with E-state index in [1.807, 2.05) is 43.5 Å². The highest BCUT2D eigenvalue weighted by Gasteiger charge is 2.38. The number of aromatic nitrogens is 1. The van der Waals surface area contributed by atoms with Crippen LogP contribution in [0.2, 0.25) is 0 Å². The number of para-hydroxylation sites is 1. The first-order valence-corrected chi connectivity index (χ1v) is 12.3. The molecule has 7 heteroatoms. The number of hydrogen-bond acceptors (Lipinski definition) is 4. The number of benzene rings is 2. The number of aromatic amines is 1. The first kappa shape index (κ1) is 21.0. The van der Waals surface area contributed by atoms with Gasteiger partial charge in [-0.15, -0.1) is 0 Å². The Morgan fingerprint density at radius 1 is 1.06 bits per heavy atom. The van der Waals surface area contributed by atoms with Crippen molar-refractivity contribution in [2.75, 3.05) is 16.8 Å². The van der Waals surface area contributed by atoms with Gasteiger partial charge in [-0.05, 0) is 55.3 Å². The fourth-order valence-electron chi connectivity index (χ4n) is 5.62. The average molecular weight is 455 g/mol. The zero-order valence-electron chi connectivity index (χ0n) is 19.4. The van der Waals surface area contributed by atoms with Crippen LogP contribution in [0.15, 0.2) is 64.7 Å². The molecule has 0 unspecified atom stereocenters. The summed E-state index contributed by atoms with van der Waals surface area (Å²) in [5.74, 6) is 1.45. The molecule has 7 nitrogen and oxygen atoms in total. The van der Waals surface area contributed by atoms with Crippen LogP contribution in [-0.4, -0.2) is 41.3 Å². The number of amidine groups is 1. The molecule has 2 atom stereocenters. The van der Waals surface area contributed by atoms with E-state index in [1.165, 1.54) is 32.1 Å². The largest absolute Gasteiger partial charge is 0.361 e. The van der Waals surface area contributed by atoms with E-state index in [0.29, 0.717) is 5.92 Å². The van der Waals surface area contributed by atoms with Gasteiger partial charge in [0, 0.05) is 35.2 Å². The van der Waals surface area contributed by atoms with Crippen LogP contribution in [0.5, 0.6) is 0 Å².